The van der Waals surface area contributed by atoms with Crippen molar-refractivity contribution in [3.05, 3.63) is 28.9 Å². The van der Waals surface area contributed by atoms with E-state index in [4.69, 9.17) is 4.74 Å². The lowest BCUT2D eigenvalue weighted by atomic mass is 10.1. The monoisotopic (exact) mass is 379 g/mol. The van der Waals surface area contributed by atoms with E-state index in [-0.39, 0.29) is 12.1 Å². The fourth-order valence-electron chi connectivity index (χ4n) is 2.86. The lowest BCUT2D eigenvalue weighted by Crippen LogP contribution is -2.43. The average Bonchev–Trinajstić information content (AvgIpc) is 2.88. The molecule has 1 aliphatic heterocycles. The Hall–Kier alpha value is -1.56. The number of hydrogen-bond donors (Lipinski definition) is 0. The average molecular weight is 380 g/mol. The molecule has 1 saturated heterocycles. The molecule has 1 aromatic heterocycles. The van der Waals surface area contributed by atoms with Crippen LogP contribution >= 0.6 is 15.9 Å². The Kier molecular flexibility index (Phi) is 4.36. The SMILES string of the molecule is CC(C)(C)OC(=O)N1CCCC(n2cc3ccc(Br)cc3n2)C1. The molecular formula is C17H22BrN3O2. The second-order valence-electron chi connectivity index (χ2n) is 7.03. The summed E-state index contributed by atoms with van der Waals surface area (Å²) >= 11 is 3.48. The lowest BCUT2D eigenvalue weighted by Gasteiger charge is -2.34. The molecule has 0 aliphatic carbocycles. The Morgan fingerprint density at radius 2 is 2.17 bits per heavy atom. The third kappa shape index (κ3) is 3.86. The molecule has 124 valence electrons. The second-order valence-corrected chi connectivity index (χ2v) is 7.95. The zero-order valence-electron chi connectivity index (χ0n) is 13.8. The fraction of sp³-hybridized carbons (Fsp3) is 0.529. The van der Waals surface area contributed by atoms with Gasteiger partial charge in [-0.1, -0.05) is 22.0 Å². The molecule has 0 saturated carbocycles. The molecule has 2 heterocycles. The summed E-state index contributed by atoms with van der Waals surface area (Å²) in [6, 6.07) is 6.28. The van der Waals surface area contributed by atoms with Crippen LogP contribution in [0.5, 0.6) is 0 Å². The predicted molar refractivity (Wildman–Crippen MR) is 93.5 cm³/mol. The summed E-state index contributed by atoms with van der Waals surface area (Å²) in [6.45, 7) is 7.07. The molecular weight excluding hydrogens is 358 g/mol. The van der Waals surface area contributed by atoms with Crippen molar-refractivity contribution in [2.24, 2.45) is 0 Å². The summed E-state index contributed by atoms with van der Waals surface area (Å²) in [5.41, 5.74) is 0.505. The zero-order valence-corrected chi connectivity index (χ0v) is 15.3. The van der Waals surface area contributed by atoms with Gasteiger partial charge in [-0.15, -0.1) is 0 Å². The largest absolute Gasteiger partial charge is 0.444 e. The van der Waals surface area contributed by atoms with Gasteiger partial charge in [0.05, 0.1) is 11.6 Å². The van der Waals surface area contributed by atoms with Crippen LogP contribution in [-0.2, 0) is 4.74 Å². The topological polar surface area (TPSA) is 47.4 Å². The third-order valence-electron chi connectivity index (χ3n) is 3.91. The van der Waals surface area contributed by atoms with Gasteiger partial charge in [-0.25, -0.2) is 4.79 Å². The molecule has 1 atom stereocenters. The highest BCUT2D eigenvalue weighted by Crippen LogP contribution is 2.26. The Morgan fingerprint density at radius 3 is 2.91 bits per heavy atom. The van der Waals surface area contributed by atoms with E-state index in [0.29, 0.717) is 6.54 Å². The van der Waals surface area contributed by atoms with Crippen molar-refractivity contribution in [1.29, 1.82) is 0 Å². The first-order valence-corrected chi connectivity index (χ1v) is 8.73. The first-order chi connectivity index (χ1) is 10.8. The molecule has 0 radical (unpaired) electrons. The highest BCUT2D eigenvalue weighted by Gasteiger charge is 2.28. The first kappa shape index (κ1) is 16.3. The van der Waals surface area contributed by atoms with Crippen LogP contribution in [0, 0.1) is 0 Å². The summed E-state index contributed by atoms with van der Waals surface area (Å²) in [4.78, 5) is 14.1. The molecule has 0 bridgehead atoms. The highest BCUT2D eigenvalue weighted by atomic mass is 79.9. The number of carbonyl (C=O) groups is 1. The Bertz CT molecular complexity index is 720. The molecule has 1 aliphatic rings. The maximum absolute atomic E-state index is 12.3. The van der Waals surface area contributed by atoms with Gasteiger partial charge in [0.15, 0.2) is 0 Å². The van der Waals surface area contributed by atoms with E-state index >= 15 is 0 Å². The van der Waals surface area contributed by atoms with Crippen molar-refractivity contribution in [2.75, 3.05) is 13.1 Å². The molecule has 5 nitrogen and oxygen atoms in total. The number of aromatic nitrogens is 2. The molecule has 1 aromatic carbocycles. The summed E-state index contributed by atoms with van der Waals surface area (Å²) in [6.07, 6.45) is 3.81. The van der Waals surface area contributed by atoms with Crippen molar-refractivity contribution in [3.8, 4) is 0 Å². The van der Waals surface area contributed by atoms with Crippen LogP contribution in [0.25, 0.3) is 10.9 Å². The summed E-state index contributed by atoms with van der Waals surface area (Å²) in [5, 5.41) is 5.79. The van der Waals surface area contributed by atoms with Crippen LogP contribution in [0.4, 0.5) is 4.79 Å². The van der Waals surface area contributed by atoms with Gasteiger partial charge in [0, 0.05) is 29.1 Å². The van der Waals surface area contributed by atoms with E-state index in [9.17, 15) is 4.79 Å². The van der Waals surface area contributed by atoms with Gasteiger partial charge < -0.3 is 9.64 Å². The van der Waals surface area contributed by atoms with E-state index in [2.05, 4.69) is 33.3 Å². The van der Waals surface area contributed by atoms with Gasteiger partial charge in [-0.3, -0.25) is 4.68 Å². The molecule has 0 spiro atoms. The van der Waals surface area contributed by atoms with Crippen LogP contribution in [0.15, 0.2) is 28.9 Å². The minimum absolute atomic E-state index is 0.197. The molecule has 23 heavy (non-hydrogen) atoms. The number of carbonyl (C=O) groups excluding carboxylic acids is 1. The van der Waals surface area contributed by atoms with E-state index in [0.717, 1.165) is 34.8 Å². The van der Waals surface area contributed by atoms with Crippen LogP contribution in [0.3, 0.4) is 0 Å². The van der Waals surface area contributed by atoms with Gasteiger partial charge in [-0.05, 0) is 45.7 Å². The number of piperidine rings is 1. The predicted octanol–water partition coefficient (Wildman–Crippen LogP) is 4.37. The van der Waals surface area contributed by atoms with Crippen LogP contribution in [0.1, 0.15) is 39.7 Å². The minimum Gasteiger partial charge on any atom is -0.444 e. The maximum Gasteiger partial charge on any atom is 0.410 e. The number of hydrogen-bond acceptors (Lipinski definition) is 3. The smallest absolute Gasteiger partial charge is 0.410 e. The number of likely N-dealkylation sites (tertiary alicyclic amines) is 1. The van der Waals surface area contributed by atoms with E-state index in [1.54, 1.807) is 4.90 Å². The molecule has 0 N–H and O–H groups in total. The highest BCUT2D eigenvalue weighted by molar-refractivity contribution is 9.10. The van der Waals surface area contributed by atoms with Gasteiger partial charge >= 0.3 is 6.09 Å². The van der Waals surface area contributed by atoms with E-state index < -0.39 is 5.60 Å². The number of ether oxygens (including phenoxy) is 1. The second kappa shape index (κ2) is 6.15. The molecule has 1 fully saturated rings. The van der Waals surface area contributed by atoms with Crippen molar-refractivity contribution in [1.82, 2.24) is 14.7 Å². The normalized spacial score (nSPS) is 19.1. The zero-order chi connectivity index (χ0) is 16.6. The molecule has 3 rings (SSSR count). The van der Waals surface area contributed by atoms with Crippen molar-refractivity contribution in [2.45, 2.75) is 45.3 Å². The van der Waals surface area contributed by atoms with Gasteiger partial charge in [0.2, 0.25) is 0 Å². The summed E-state index contributed by atoms with van der Waals surface area (Å²) in [5.74, 6) is 0. The van der Waals surface area contributed by atoms with Crippen LogP contribution in [0.2, 0.25) is 0 Å². The van der Waals surface area contributed by atoms with Crippen molar-refractivity contribution >= 4 is 32.9 Å². The Balaban J connectivity index is 1.75. The number of fused-ring (bicyclic) bond motifs is 1. The molecule has 1 unspecified atom stereocenters. The maximum atomic E-state index is 12.3. The molecule has 6 heteroatoms. The van der Waals surface area contributed by atoms with E-state index in [1.807, 2.05) is 37.6 Å². The van der Waals surface area contributed by atoms with Gasteiger partial charge in [0.25, 0.3) is 0 Å². The van der Waals surface area contributed by atoms with E-state index in [1.165, 1.54) is 0 Å². The minimum atomic E-state index is -0.462. The fourth-order valence-corrected chi connectivity index (χ4v) is 3.21. The van der Waals surface area contributed by atoms with Crippen LogP contribution in [-0.4, -0.2) is 39.5 Å². The van der Waals surface area contributed by atoms with Crippen molar-refractivity contribution in [3.63, 3.8) is 0 Å². The Morgan fingerprint density at radius 1 is 1.39 bits per heavy atom. The number of benzene rings is 1. The summed E-state index contributed by atoms with van der Waals surface area (Å²) < 4.78 is 8.50. The number of rotatable bonds is 1. The first-order valence-electron chi connectivity index (χ1n) is 7.94. The van der Waals surface area contributed by atoms with Gasteiger partial charge in [0.1, 0.15) is 5.60 Å². The standard InChI is InChI=1S/C17H22BrN3O2/c1-17(2,3)23-16(22)20-8-4-5-14(11-20)21-10-12-6-7-13(18)9-15(12)19-21/h6-7,9-10,14H,4-5,8,11H2,1-3H3. The number of halogens is 1. The number of nitrogens with zero attached hydrogens (tertiary/aromatic N) is 3. The van der Waals surface area contributed by atoms with Crippen molar-refractivity contribution < 1.29 is 9.53 Å². The lowest BCUT2D eigenvalue weighted by molar-refractivity contribution is 0.0168. The molecule has 2 aromatic rings. The molecule has 1 amide bonds. The van der Waals surface area contributed by atoms with Gasteiger partial charge in [-0.2, -0.15) is 5.10 Å². The quantitative estimate of drug-likeness (QED) is 0.738. The van der Waals surface area contributed by atoms with Crippen LogP contribution < -0.4 is 0 Å². The summed E-state index contributed by atoms with van der Waals surface area (Å²) in [7, 11) is 0. The number of amides is 1. The Labute approximate surface area is 144 Å². The third-order valence-corrected chi connectivity index (χ3v) is 4.40.